The molecule has 0 bridgehead atoms. The Bertz CT molecular complexity index is 708. The number of likely N-dealkylation sites (tertiary alicyclic amines) is 1. The molecule has 1 heterocycles. The number of carbonyl (C=O) groups is 1. The standard InChI is InChI=1S/C22H37N5O3/c1-6-23-22(25-17-11-12-19(29-5)20(16-17)30-7-2)24-13-9-15-27-14-8-10-18(27)21(28)26(3)4/h11-12,16,18H,6-10,13-15H2,1-5H3,(H2,23,24,25). The molecule has 168 valence electrons. The third kappa shape index (κ3) is 6.79. The van der Waals surface area contributed by atoms with E-state index < -0.39 is 0 Å². The molecule has 1 amide bonds. The van der Waals surface area contributed by atoms with E-state index in [1.54, 1.807) is 12.0 Å². The highest BCUT2D eigenvalue weighted by atomic mass is 16.5. The lowest BCUT2D eigenvalue weighted by atomic mass is 10.2. The summed E-state index contributed by atoms with van der Waals surface area (Å²) in [5.41, 5.74) is 0.884. The highest BCUT2D eigenvalue weighted by Crippen LogP contribution is 2.30. The fourth-order valence-corrected chi connectivity index (χ4v) is 3.60. The van der Waals surface area contributed by atoms with E-state index in [0.717, 1.165) is 50.5 Å². The van der Waals surface area contributed by atoms with Crippen LogP contribution in [0.2, 0.25) is 0 Å². The van der Waals surface area contributed by atoms with Gasteiger partial charge in [0.2, 0.25) is 5.91 Å². The first kappa shape index (κ1) is 23.8. The largest absolute Gasteiger partial charge is 0.493 e. The second-order valence-corrected chi connectivity index (χ2v) is 7.46. The molecule has 8 nitrogen and oxygen atoms in total. The average molecular weight is 420 g/mol. The molecule has 1 aromatic rings. The molecule has 8 heteroatoms. The van der Waals surface area contributed by atoms with Crippen LogP contribution in [0.5, 0.6) is 11.5 Å². The van der Waals surface area contributed by atoms with E-state index in [1.807, 2.05) is 46.1 Å². The van der Waals surface area contributed by atoms with Gasteiger partial charge in [-0.1, -0.05) is 0 Å². The summed E-state index contributed by atoms with van der Waals surface area (Å²) in [6.07, 6.45) is 2.93. The van der Waals surface area contributed by atoms with Gasteiger partial charge in [0.05, 0.1) is 19.8 Å². The number of anilines is 1. The van der Waals surface area contributed by atoms with Crippen molar-refractivity contribution in [1.82, 2.24) is 15.1 Å². The van der Waals surface area contributed by atoms with Crippen molar-refractivity contribution in [2.75, 3.05) is 59.3 Å². The molecule has 2 N–H and O–H groups in total. The summed E-state index contributed by atoms with van der Waals surface area (Å²) in [4.78, 5) is 21.0. The van der Waals surface area contributed by atoms with Crippen LogP contribution in [-0.2, 0) is 4.79 Å². The van der Waals surface area contributed by atoms with Gasteiger partial charge in [0.25, 0.3) is 0 Å². The molecule has 1 aliphatic rings. The van der Waals surface area contributed by atoms with Crippen molar-refractivity contribution in [3.63, 3.8) is 0 Å². The van der Waals surface area contributed by atoms with Crippen molar-refractivity contribution < 1.29 is 14.3 Å². The number of hydrogen-bond acceptors (Lipinski definition) is 5. The summed E-state index contributed by atoms with van der Waals surface area (Å²) in [7, 11) is 5.29. The number of amides is 1. The molecule has 0 spiro atoms. The summed E-state index contributed by atoms with van der Waals surface area (Å²) in [6.45, 7) is 7.87. The lowest BCUT2D eigenvalue weighted by molar-refractivity contribution is -0.133. The average Bonchev–Trinajstić information content (AvgIpc) is 3.19. The lowest BCUT2D eigenvalue weighted by Crippen LogP contribution is -2.43. The van der Waals surface area contributed by atoms with Gasteiger partial charge >= 0.3 is 0 Å². The van der Waals surface area contributed by atoms with E-state index in [4.69, 9.17) is 14.5 Å². The molecule has 1 aromatic carbocycles. The molecular weight excluding hydrogens is 382 g/mol. The van der Waals surface area contributed by atoms with Crippen LogP contribution in [0, 0.1) is 0 Å². The Morgan fingerprint density at radius 1 is 1.30 bits per heavy atom. The fraction of sp³-hybridized carbons (Fsp3) is 0.636. The summed E-state index contributed by atoms with van der Waals surface area (Å²) >= 11 is 0. The number of nitrogens with zero attached hydrogens (tertiary/aromatic N) is 3. The van der Waals surface area contributed by atoms with Gasteiger partial charge in [0, 0.05) is 45.5 Å². The molecule has 1 atom stereocenters. The Kier molecular flexibility index (Phi) is 9.73. The number of aliphatic imine (C=N–C) groups is 1. The third-order valence-electron chi connectivity index (χ3n) is 5.03. The first-order chi connectivity index (χ1) is 14.5. The van der Waals surface area contributed by atoms with E-state index in [1.165, 1.54) is 0 Å². The molecule has 30 heavy (non-hydrogen) atoms. The minimum atomic E-state index is 0.0200. The Hall–Kier alpha value is -2.48. The predicted octanol–water partition coefficient (Wildman–Crippen LogP) is 2.41. The minimum Gasteiger partial charge on any atom is -0.493 e. The van der Waals surface area contributed by atoms with Gasteiger partial charge in [-0.2, -0.15) is 0 Å². The maximum absolute atomic E-state index is 12.3. The Labute approximate surface area is 180 Å². The van der Waals surface area contributed by atoms with Crippen molar-refractivity contribution in [3.8, 4) is 11.5 Å². The Morgan fingerprint density at radius 2 is 2.10 bits per heavy atom. The summed E-state index contributed by atoms with van der Waals surface area (Å²) in [5.74, 6) is 2.34. The molecule has 0 saturated carbocycles. The van der Waals surface area contributed by atoms with Crippen LogP contribution < -0.4 is 20.1 Å². The maximum atomic E-state index is 12.3. The molecule has 0 aromatic heterocycles. The first-order valence-corrected chi connectivity index (χ1v) is 10.8. The quantitative estimate of drug-likeness (QED) is 0.345. The van der Waals surface area contributed by atoms with Crippen molar-refractivity contribution in [2.24, 2.45) is 4.99 Å². The molecule has 1 aliphatic heterocycles. The number of methoxy groups -OCH3 is 1. The summed E-state index contributed by atoms with van der Waals surface area (Å²) in [6, 6.07) is 5.76. The van der Waals surface area contributed by atoms with Gasteiger partial charge in [0.15, 0.2) is 17.5 Å². The van der Waals surface area contributed by atoms with Crippen LogP contribution >= 0.6 is 0 Å². The van der Waals surface area contributed by atoms with Crippen LogP contribution in [0.1, 0.15) is 33.1 Å². The monoisotopic (exact) mass is 419 g/mol. The smallest absolute Gasteiger partial charge is 0.239 e. The first-order valence-electron chi connectivity index (χ1n) is 10.8. The van der Waals surface area contributed by atoms with E-state index in [2.05, 4.69) is 15.5 Å². The normalized spacial score (nSPS) is 17.0. The molecule has 0 aliphatic carbocycles. The molecule has 0 radical (unpaired) electrons. The molecule has 1 saturated heterocycles. The van der Waals surface area contributed by atoms with Gasteiger partial charge in [0.1, 0.15) is 0 Å². The topological polar surface area (TPSA) is 78.4 Å². The van der Waals surface area contributed by atoms with Crippen LogP contribution in [0.15, 0.2) is 23.2 Å². The van der Waals surface area contributed by atoms with E-state index in [0.29, 0.717) is 24.7 Å². The van der Waals surface area contributed by atoms with Crippen molar-refractivity contribution >= 4 is 17.6 Å². The second-order valence-electron chi connectivity index (χ2n) is 7.46. The zero-order valence-corrected chi connectivity index (χ0v) is 19.0. The van der Waals surface area contributed by atoms with Crippen molar-refractivity contribution in [3.05, 3.63) is 18.2 Å². The van der Waals surface area contributed by atoms with Crippen molar-refractivity contribution in [1.29, 1.82) is 0 Å². The van der Waals surface area contributed by atoms with Crippen LogP contribution in [0.4, 0.5) is 5.69 Å². The number of nitrogens with one attached hydrogen (secondary N) is 2. The Morgan fingerprint density at radius 3 is 2.77 bits per heavy atom. The molecule has 2 rings (SSSR count). The highest BCUT2D eigenvalue weighted by Gasteiger charge is 2.30. The highest BCUT2D eigenvalue weighted by molar-refractivity contribution is 5.93. The van der Waals surface area contributed by atoms with Gasteiger partial charge < -0.3 is 25.0 Å². The van der Waals surface area contributed by atoms with Crippen LogP contribution in [-0.4, -0.2) is 81.7 Å². The van der Waals surface area contributed by atoms with Gasteiger partial charge in [-0.3, -0.25) is 14.7 Å². The Balaban J connectivity index is 1.93. The van der Waals surface area contributed by atoms with E-state index >= 15 is 0 Å². The number of rotatable bonds is 10. The van der Waals surface area contributed by atoms with Gasteiger partial charge in [-0.25, -0.2) is 0 Å². The van der Waals surface area contributed by atoms with Crippen molar-refractivity contribution in [2.45, 2.75) is 39.2 Å². The minimum absolute atomic E-state index is 0.0200. The number of benzene rings is 1. The predicted molar refractivity (Wildman–Crippen MR) is 122 cm³/mol. The number of likely N-dealkylation sites (N-methyl/N-ethyl adjacent to an activating group) is 1. The fourth-order valence-electron chi connectivity index (χ4n) is 3.60. The molecule has 1 unspecified atom stereocenters. The maximum Gasteiger partial charge on any atom is 0.239 e. The second kappa shape index (κ2) is 12.3. The van der Waals surface area contributed by atoms with Gasteiger partial charge in [-0.15, -0.1) is 0 Å². The molecule has 1 fully saturated rings. The SMILES string of the molecule is CCNC(=NCCCN1CCCC1C(=O)N(C)C)Nc1ccc(OC)c(OCC)c1. The number of guanidine groups is 1. The van der Waals surface area contributed by atoms with E-state index in [-0.39, 0.29) is 11.9 Å². The summed E-state index contributed by atoms with van der Waals surface area (Å²) in [5, 5.41) is 6.60. The van der Waals surface area contributed by atoms with Gasteiger partial charge in [-0.05, 0) is 51.8 Å². The van der Waals surface area contributed by atoms with Crippen LogP contribution in [0.25, 0.3) is 0 Å². The summed E-state index contributed by atoms with van der Waals surface area (Å²) < 4.78 is 11.0. The third-order valence-corrected chi connectivity index (χ3v) is 5.03. The number of ether oxygens (including phenoxy) is 2. The lowest BCUT2D eigenvalue weighted by Gasteiger charge is -2.25. The zero-order chi connectivity index (χ0) is 21.9. The van der Waals surface area contributed by atoms with Crippen LogP contribution in [0.3, 0.4) is 0 Å². The number of carbonyl (C=O) groups excluding carboxylic acids is 1. The number of hydrogen-bond donors (Lipinski definition) is 2. The molecular formula is C22H37N5O3. The van der Waals surface area contributed by atoms with E-state index in [9.17, 15) is 4.79 Å². The zero-order valence-electron chi connectivity index (χ0n) is 19.0.